The molecule has 0 saturated carbocycles. The lowest BCUT2D eigenvalue weighted by Gasteiger charge is -2.39. The SMILES string of the molecule is O=C(O)[C@H]1CN(c2ccc(=O)[nH]c2)CCN1S(=O)(=O)c1ccc(OC(F)(F)F)cc1. The number of H-pyrrole nitrogens is 1. The lowest BCUT2D eigenvalue weighted by molar-refractivity contribution is -0.274. The second-order valence-electron chi connectivity index (χ2n) is 6.35. The maximum absolute atomic E-state index is 12.9. The molecule has 162 valence electrons. The Morgan fingerprint density at radius 1 is 1.13 bits per heavy atom. The predicted molar refractivity (Wildman–Crippen MR) is 97.7 cm³/mol. The molecule has 0 amide bonds. The molecule has 0 unspecified atom stereocenters. The zero-order chi connectivity index (χ0) is 22.1. The number of carboxylic acids is 1. The van der Waals surface area contributed by atoms with Gasteiger partial charge in [-0.25, -0.2) is 8.42 Å². The molecule has 3 rings (SSSR count). The van der Waals surface area contributed by atoms with Crippen LogP contribution in [0.2, 0.25) is 0 Å². The number of hydrogen-bond donors (Lipinski definition) is 2. The Bertz CT molecular complexity index is 1060. The molecule has 1 aromatic heterocycles. The molecule has 1 aromatic carbocycles. The number of aromatic nitrogens is 1. The maximum atomic E-state index is 12.9. The highest BCUT2D eigenvalue weighted by Crippen LogP contribution is 2.27. The van der Waals surface area contributed by atoms with Gasteiger partial charge >= 0.3 is 12.3 Å². The third-order valence-corrected chi connectivity index (χ3v) is 6.34. The standard InChI is InChI=1S/C17H16F3N3O6S/c18-17(19,20)29-12-2-4-13(5-3-12)30(27,28)23-8-7-22(10-14(23)16(25)26)11-1-6-15(24)21-9-11/h1-6,9,14H,7-8,10H2,(H,21,24)(H,25,26)/t14-/m1/s1. The van der Waals surface area contributed by atoms with Crippen molar-refractivity contribution in [3.05, 3.63) is 52.9 Å². The van der Waals surface area contributed by atoms with E-state index in [1.807, 2.05) is 0 Å². The van der Waals surface area contributed by atoms with Crippen LogP contribution in [0, 0.1) is 0 Å². The summed E-state index contributed by atoms with van der Waals surface area (Å²) in [5.41, 5.74) is 0.180. The summed E-state index contributed by atoms with van der Waals surface area (Å²) in [6, 6.07) is 4.83. The summed E-state index contributed by atoms with van der Waals surface area (Å²) in [6.45, 7) is -0.223. The Labute approximate surface area is 168 Å². The molecule has 1 atom stereocenters. The first-order valence-electron chi connectivity index (χ1n) is 8.51. The van der Waals surface area contributed by atoms with Gasteiger partial charge < -0.3 is 19.7 Å². The van der Waals surface area contributed by atoms with Gasteiger partial charge in [-0.15, -0.1) is 13.2 Å². The van der Waals surface area contributed by atoms with E-state index >= 15 is 0 Å². The summed E-state index contributed by atoms with van der Waals surface area (Å²) < 4.78 is 67.1. The largest absolute Gasteiger partial charge is 0.573 e. The molecule has 1 aliphatic heterocycles. The fraction of sp³-hybridized carbons (Fsp3) is 0.294. The number of halogens is 3. The minimum absolute atomic E-state index is 0.143. The van der Waals surface area contributed by atoms with Gasteiger partial charge in [0, 0.05) is 31.9 Å². The van der Waals surface area contributed by atoms with Crippen LogP contribution in [0.5, 0.6) is 5.75 Å². The molecule has 1 fully saturated rings. The topological polar surface area (TPSA) is 120 Å². The number of nitrogens with zero attached hydrogens (tertiary/aromatic N) is 2. The highest BCUT2D eigenvalue weighted by atomic mass is 32.2. The number of aromatic amines is 1. The molecular formula is C17H16F3N3O6S. The number of benzene rings is 1. The van der Waals surface area contributed by atoms with Gasteiger partial charge in [-0.3, -0.25) is 9.59 Å². The van der Waals surface area contributed by atoms with Gasteiger partial charge in [-0.05, 0) is 30.3 Å². The quantitative estimate of drug-likeness (QED) is 0.708. The van der Waals surface area contributed by atoms with Crippen molar-refractivity contribution >= 4 is 21.7 Å². The van der Waals surface area contributed by atoms with E-state index in [1.54, 1.807) is 4.90 Å². The lowest BCUT2D eigenvalue weighted by atomic mass is 10.2. The smallest absolute Gasteiger partial charge is 0.480 e. The lowest BCUT2D eigenvalue weighted by Crippen LogP contribution is -2.58. The molecule has 0 spiro atoms. The monoisotopic (exact) mass is 447 g/mol. The first-order valence-corrected chi connectivity index (χ1v) is 9.95. The van der Waals surface area contributed by atoms with Crippen molar-refractivity contribution in [1.29, 1.82) is 0 Å². The van der Waals surface area contributed by atoms with E-state index in [1.165, 1.54) is 18.3 Å². The number of anilines is 1. The molecule has 0 aliphatic carbocycles. The van der Waals surface area contributed by atoms with Crippen LogP contribution < -0.4 is 15.2 Å². The number of piperazine rings is 1. The molecule has 9 nitrogen and oxygen atoms in total. The van der Waals surface area contributed by atoms with E-state index in [9.17, 15) is 36.3 Å². The Kier molecular flexibility index (Phi) is 5.76. The summed E-state index contributed by atoms with van der Waals surface area (Å²) in [5, 5.41) is 9.56. The first kappa shape index (κ1) is 21.6. The van der Waals surface area contributed by atoms with Crippen LogP contribution >= 0.6 is 0 Å². The van der Waals surface area contributed by atoms with E-state index < -0.39 is 34.1 Å². The Balaban J connectivity index is 1.83. The number of pyridine rings is 1. The number of aliphatic carboxylic acids is 1. The number of nitrogens with one attached hydrogen (secondary N) is 1. The number of carbonyl (C=O) groups is 1. The van der Waals surface area contributed by atoms with Crippen molar-refractivity contribution in [3.8, 4) is 5.75 Å². The zero-order valence-electron chi connectivity index (χ0n) is 15.2. The molecule has 2 heterocycles. The molecule has 0 bridgehead atoms. The van der Waals surface area contributed by atoms with Gasteiger partial charge in [0.1, 0.15) is 11.8 Å². The van der Waals surface area contributed by atoms with Crippen LogP contribution in [-0.4, -0.2) is 60.8 Å². The Morgan fingerprint density at radius 2 is 1.80 bits per heavy atom. The second-order valence-corrected chi connectivity index (χ2v) is 8.24. The second kappa shape index (κ2) is 7.99. The van der Waals surface area contributed by atoms with Crippen LogP contribution in [0.3, 0.4) is 0 Å². The van der Waals surface area contributed by atoms with E-state index in [0.29, 0.717) is 5.69 Å². The van der Waals surface area contributed by atoms with Crippen LogP contribution in [0.15, 0.2) is 52.3 Å². The minimum Gasteiger partial charge on any atom is -0.480 e. The molecule has 1 aliphatic rings. The number of sulfonamides is 1. The molecule has 1 saturated heterocycles. The zero-order valence-corrected chi connectivity index (χ0v) is 16.0. The number of ether oxygens (including phenoxy) is 1. The van der Waals surface area contributed by atoms with Gasteiger partial charge in [0.15, 0.2) is 0 Å². The fourth-order valence-corrected chi connectivity index (χ4v) is 4.60. The molecule has 13 heteroatoms. The van der Waals surface area contributed by atoms with Gasteiger partial charge in [0.2, 0.25) is 15.6 Å². The van der Waals surface area contributed by atoms with E-state index in [4.69, 9.17) is 0 Å². The summed E-state index contributed by atoms with van der Waals surface area (Å²) in [4.78, 5) is 26.7. The Hall–Kier alpha value is -3.06. The Morgan fingerprint density at radius 3 is 2.33 bits per heavy atom. The van der Waals surface area contributed by atoms with Crippen molar-refractivity contribution in [2.24, 2.45) is 0 Å². The van der Waals surface area contributed by atoms with Gasteiger partial charge in [-0.1, -0.05) is 0 Å². The van der Waals surface area contributed by atoms with E-state index in [2.05, 4.69) is 9.72 Å². The van der Waals surface area contributed by atoms with Gasteiger partial charge in [0.25, 0.3) is 0 Å². The van der Waals surface area contributed by atoms with Crippen LogP contribution in [0.25, 0.3) is 0 Å². The fourth-order valence-electron chi connectivity index (χ4n) is 3.04. The van der Waals surface area contributed by atoms with Crippen molar-refractivity contribution in [2.75, 3.05) is 24.5 Å². The molecular weight excluding hydrogens is 431 g/mol. The van der Waals surface area contributed by atoms with Crippen LogP contribution in [0.1, 0.15) is 0 Å². The van der Waals surface area contributed by atoms with Crippen molar-refractivity contribution in [3.63, 3.8) is 0 Å². The number of alkyl halides is 3. The van der Waals surface area contributed by atoms with Gasteiger partial charge in [-0.2, -0.15) is 4.31 Å². The van der Waals surface area contributed by atoms with Crippen LogP contribution in [-0.2, 0) is 14.8 Å². The molecule has 0 radical (unpaired) electrons. The molecule has 2 N–H and O–H groups in total. The molecule has 2 aromatic rings. The van der Waals surface area contributed by atoms with Crippen molar-refractivity contribution in [2.45, 2.75) is 17.3 Å². The minimum atomic E-state index is -4.92. The number of rotatable bonds is 5. The van der Waals surface area contributed by atoms with Crippen molar-refractivity contribution in [1.82, 2.24) is 9.29 Å². The van der Waals surface area contributed by atoms with Crippen LogP contribution in [0.4, 0.5) is 18.9 Å². The van der Waals surface area contributed by atoms with Gasteiger partial charge in [0.05, 0.1) is 10.6 Å². The summed E-state index contributed by atoms with van der Waals surface area (Å²) in [5.74, 6) is -1.98. The summed E-state index contributed by atoms with van der Waals surface area (Å²) >= 11 is 0. The highest BCUT2D eigenvalue weighted by molar-refractivity contribution is 7.89. The summed E-state index contributed by atoms with van der Waals surface area (Å²) in [7, 11) is -4.30. The number of hydrogen-bond acceptors (Lipinski definition) is 6. The van der Waals surface area contributed by atoms with Crippen molar-refractivity contribution < 1.29 is 36.2 Å². The number of carboxylic acid groups (broad SMARTS) is 1. The third-order valence-electron chi connectivity index (χ3n) is 4.41. The highest BCUT2D eigenvalue weighted by Gasteiger charge is 2.40. The predicted octanol–water partition coefficient (Wildman–Crippen LogP) is 1.24. The average molecular weight is 447 g/mol. The summed E-state index contributed by atoms with van der Waals surface area (Å²) in [6.07, 6.45) is -3.53. The van der Waals surface area contributed by atoms with E-state index in [0.717, 1.165) is 28.6 Å². The first-order chi connectivity index (χ1) is 14.0. The maximum Gasteiger partial charge on any atom is 0.573 e. The average Bonchev–Trinajstić information content (AvgIpc) is 2.67. The normalized spacial score (nSPS) is 18.2. The van der Waals surface area contributed by atoms with E-state index in [-0.39, 0.29) is 30.1 Å². The third kappa shape index (κ3) is 4.74. The molecule has 30 heavy (non-hydrogen) atoms.